The SMILES string of the molecule is CC[C@H](C)[C@]1(CNC(=O)/C=C/c2ccc(Cl)cc2)CCN(CC(c2ccccc2)c2ccccc2)C(=O)CN1. The summed E-state index contributed by atoms with van der Waals surface area (Å²) in [5.41, 5.74) is 2.92. The molecule has 2 N–H and O–H groups in total. The lowest BCUT2D eigenvalue weighted by Gasteiger charge is -2.39. The lowest BCUT2D eigenvalue weighted by molar-refractivity contribution is -0.129. The van der Waals surface area contributed by atoms with E-state index < -0.39 is 0 Å². The van der Waals surface area contributed by atoms with Gasteiger partial charge < -0.3 is 15.5 Å². The molecule has 0 unspecified atom stereocenters. The van der Waals surface area contributed by atoms with Crippen molar-refractivity contribution in [2.75, 3.05) is 26.2 Å². The van der Waals surface area contributed by atoms with Crippen molar-refractivity contribution in [1.29, 1.82) is 0 Å². The minimum absolute atomic E-state index is 0.0881. The number of amides is 2. The lowest BCUT2D eigenvalue weighted by Crippen LogP contribution is -2.58. The minimum atomic E-state index is -0.377. The summed E-state index contributed by atoms with van der Waals surface area (Å²) in [6, 6.07) is 28.1. The van der Waals surface area contributed by atoms with E-state index in [-0.39, 0.29) is 35.7 Å². The number of benzene rings is 3. The van der Waals surface area contributed by atoms with Gasteiger partial charge in [0.05, 0.1) is 6.54 Å². The molecular weight excluding hydrogens is 506 g/mol. The van der Waals surface area contributed by atoms with Gasteiger partial charge >= 0.3 is 0 Å². The molecule has 1 saturated heterocycles. The number of carbonyl (C=O) groups excluding carboxylic acids is 2. The first-order valence-corrected chi connectivity index (χ1v) is 14.1. The Morgan fingerprint density at radius 3 is 2.23 bits per heavy atom. The van der Waals surface area contributed by atoms with Crippen molar-refractivity contribution in [1.82, 2.24) is 15.5 Å². The molecule has 3 aromatic rings. The van der Waals surface area contributed by atoms with E-state index in [2.05, 4.69) is 73.0 Å². The molecule has 1 aliphatic rings. The molecule has 5 nitrogen and oxygen atoms in total. The highest BCUT2D eigenvalue weighted by Crippen LogP contribution is 2.30. The van der Waals surface area contributed by atoms with Gasteiger partial charge in [-0.25, -0.2) is 0 Å². The summed E-state index contributed by atoms with van der Waals surface area (Å²) >= 11 is 5.95. The third-order valence-corrected chi connectivity index (χ3v) is 8.26. The molecule has 2 amide bonds. The quantitative estimate of drug-likeness (QED) is 0.313. The van der Waals surface area contributed by atoms with Crippen LogP contribution in [0.5, 0.6) is 0 Å². The van der Waals surface area contributed by atoms with Crippen LogP contribution in [0.3, 0.4) is 0 Å². The van der Waals surface area contributed by atoms with E-state index in [0.717, 1.165) is 18.4 Å². The van der Waals surface area contributed by atoms with Crippen LogP contribution in [0.4, 0.5) is 0 Å². The Balaban J connectivity index is 1.47. The minimum Gasteiger partial charge on any atom is -0.351 e. The third-order valence-electron chi connectivity index (χ3n) is 8.01. The van der Waals surface area contributed by atoms with Gasteiger partial charge in [0, 0.05) is 42.2 Å². The lowest BCUT2D eigenvalue weighted by atomic mass is 9.80. The Kier molecular flexibility index (Phi) is 9.96. The van der Waals surface area contributed by atoms with Crippen LogP contribution < -0.4 is 10.6 Å². The molecule has 6 heteroatoms. The van der Waals surface area contributed by atoms with Gasteiger partial charge in [-0.1, -0.05) is 105 Å². The molecule has 1 aliphatic heterocycles. The molecule has 4 rings (SSSR count). The summed E-state index contributed by atoms with van der Waals surface area (Å²) in [7, 11) is 0. The Labute approximate surface area is 237 Å². The number of carbonyl (C=O) groups is 2. The molecule has 3 aromatic carbocycles. The largest absolute Gasteiger partial charge is 0.351 e. The van der Waals surface area contributed by atoms with Gasteiger partial charge in [-0.3, -0.25) is 9.59 Å². The van der Waals surface area contributed by atoms with Crippen molar-refractivity contribution < 1.29 is 9.59 Å². The van der Waals surface area contributed by atoms with E-state index in [1.807, 2.05) is 29.2 Å². The van der Waals surface area contributed by atoms with Crippen LogP contribution in [-0.4, -0.2) is 48.4 Å². The third kappa shape index (κ3) is 7.59. The van der Waals surface area contributed by atoms with Gasteiger partial charge in [0.15, 0.2) is 0 Å². The molecule has 0 saturated carbocycles. The molecule has 1 heterocycles. The molecule has 0 aliphatic carbocycles. The van der Waals surface area contributed by atoms with E-state index in [4.69, 9.17) is 11.6 Å². The molecule has 39 heavy (non-hydrogen) atoms. The molecule has 0 radical (unpaired) electrons. The van der Waals surface area contributed by atoms with Crippen molar-refractivity contribution in [3.63, 3.8) is 0 Å². The smallest absolute Gasteiger partial charge is 0.244 e. The van der Waals surface area contributed by atoms with E-state index >= 15 is 0 Å². The van der Waals surface area contributed by atoms with Crippen LogP contribution in [0.2, 0.25) is 5.02 Å². The molecule has 0 aromatic heterocycles. The van der Waals surface area contributed by atoms with Crippen molar-refractivity contribution >= 4 is 29.5 Å². The fourth-order valence-electron chi connectivity index (χ4n) is 5.28. The molecule has 0 bridgehead atoms. The van der Waals surface area contributed by atoms with E-state index in [9.17, 15) is 9.59 Å². The van der Waals surface area contributed by atoms with Gasteiger partial charge in [-0.2, -0.15) is 0 Å². The number of hydrogen-bond donors (Lipinski definition) is 2. The molecule has 2 atom stereocenters. The predicted octanol–water partition coefficient (Wildman–Crippen LogP) is 5.91. The maximum Gasteiger partial charge on any atom is 0.244 e. The zero-order valence-electron chi connectivity index (χ0n) is 22.8. The van der Waals surface area contributed by atoms with Crippen LogP contribution in [0.1, 0.15) is 49.3 Å². The molecular formula is C33H38ClN3O2. The Morgan fingerprint density at radius 2 is 1.64 bits per heavy atom. The maximum atomic E-state index is 13.4. The molecule has 0 spiro atoms. The van der Waals surface area contributed by atoms with Crippen molar-refractivity contribution in [2.45, 2.75) is 38.1 Å². The number of nitrogens with one attached hydrogen (secondary N) is 2. The molecule has 1 fully saturated rings. The van der Waals surface area contributed by atoms with Crippen molar-refractivity contribution in [2.24, 2.45) is 5.92 Å². The number of halogens is 1. The Hall–Kier alpha value is -3.41. The topological polar surface area (TPSA) is 61.4 Å². The summed E-state index contributed by atoms with van der Waals surface area (Å²) in [6.07, 6.45) is 5.02. The second kappa shape index (κ2) is 13.6. The predicted molar refractivity (Wildman–Crippen MR) is 160 cm³/mol. The number of hydrogen-bond acceptors (Lipinski definition) is 3. The first kappa shape index (κ1) is 28.6. The van der Waals surface area contributed by atoms with Gasteiger partial charge in [0.25, 0.3) is 0 Å². The standard InChI is InChI=1S/C33H38ClN3O2/c1-3-25(2)33(24-35-31(38)19-16-26-14-17-29(34)18-15-26)20-21-37(32(39)22-36-33)23-30(27-10-6-4-7-11-27)28-12-8-5-9-13-28/h4-19,25,30,36H,3,20-24H2,1-2H3,(H,35,38)/b19-16+/t25-,33+/m0/s1. The Morgan fingerprint density at radius 1 is 1.03 bits per heavy atom. The maximum absolute atomic E-state index is 13.4. The number of rotatable bonds is 10. The van der Waals surface area contributed by atoms with Gasteiger partial charge in [0.1, 0.15) is 0 Å². The van der Waals surface area contributed by atoms with Crippen LogP contribution >= 0.6 is 11.6 Å². The zero-order chi connectivity index (χ0) is 27.7. The fourth-order valence-corrected chi connectivity index (χ4v) is 5.41. The van der Waals surface area contributed by atoms with E-state index in [0.29, 0.717) is 24.7 Å². The summed E-state index contributed by atoms with van der Waals surface area (Å²) in [5, 5.41) is 7.33. The fraction of sp³-hybridized carbons (Fsp3) is 0.333. The molecule has 204 valence electrons. The van der Waals surface area contributed by atoms with Gasteiger partial charge in [0.2, 0.25) is 11.8 Å². The first-order chi connectivity index (χ1) is 18.9. The highest BCUT2D eigenvalue weighted by molar-refractivity contribution is 6.30. The first-order valence-electron chi connectivity index (χ1n) is 13.7. The summed E-state index contributed by atoms with van der Waals surface area (Å²) in [5.74, 6) is 0.288. The van der Waals surface area contributed by atoms with Crippen molar-refractivity contribution in [3.05, 3.63) is 113 Å². The van der Waals surface area contributed by atoms with E-state index in [1.165, 1.54) is 11.1 Å². The zero-order valence-corrected chi connectivity index (χ0v) is 23.5. The van der Waals surface area contributed by atoms with Crippen LogP contribution in [0.15, 0.2) is 91.0 Å². The van der Waals surface area contributed by atoms with Crippen LogP contribution in [0.25, 0.3) is 6.08 Å². The summed E-state index contributed by atoms with van der Waals surface area (Å²) in [6.45, 7) is 6.29. The second-order valence-corrected chi connectivity index (χ2v) is 10.8. The normalized spacial score (nSPS) is 18.8. The average molecular weight is 544 g/mol. The summed E-state index contributed by atoms with van der Waals surface area (Å²) in [4.78, 5) is 28.1. The van der Waals surface area contributed by atoms with Gasteiger partial charge in [-0.05, 0) is 47.2 Å². The number of nitrogens with zero attached hydrogens (tertiary/aromatic N) is 1. The second-order valence-electron chi connectivity index (χ2n) is 10.4. The van der Waals surface area contributed by atoms with Crippen LogP contribution in [-0.2, 0) is 9.59 Å². The Bertz CT molecular complexity index is 1210. The highest BCUT2D eigenvalue weighted by Gasteiger charge is 2.39. The monoisotopic (exact) mass is 543 g/mol. The highest BCUT2D eigenvalue weighted by atomic mass is 35.5. The van der Waals surface area contributed by atoms with E-state index in [1.54, 1.807) is 24.3 Å². The van der Waals surface area contributed by atoms with Gasteiger partial charge in [-0.15, -0.1) is 0 Å². The average Bonchev–Trinajstić information content (AvgIpc) is 3.14. The summed E-state index contributed by atoms with van der Waals surface area (Å²) < 4.78 is 0. The van der Waals surface area contributed by atoms with Crippen LogP contribution in [0, 0.1) is 5.92 Å². The van der Waals surface area contributed by atoms with Crippen molar-refractivity contribution in [3.8, 4) is 0 Å².